The van der Waals surface area contributed by atoms with Gasteiger partial charge in [-0.3, -0.25) is 0 Å². The Balaban J connectivity index is 1.29. The zero-order valence-electron chi connectivity index (χ0n) is 50.0. The minimum Gasteiger partial charge on any atom is -0.311 e. The molecule has 0 unspecified atom stereocenters. The molecule has 0 radical (unpaired) electrons. The van der Waals surface area contributed by atoms with Crippen molar-refractivity contribution in [3.05, 3.63) is 184 Å². The van der Waals surface area contributed by atoms with Crippen molar-refractivity contribution in [2.24, 2.45) is 0 Å². The van der Waals surface area contributed by atoms with Crippen molar-refractivity contribution in [2.45, 2.75) is 201 Å². The highest BCUT2D eigenvalue weighted by molar-refractivity contribution is 7.00. The van der Waals surface area contributed by atoms with E-state index in [4.69, 9.17) is 0 Å². The monoisotopic (exact) mass is 1000 g/mol. The molecule has 0 saturated carbocycles. The van der Waals surface area contributed by atoms with Crippen molar-refractivity contribution in [1.82, 2.24) is 0 Å². The first-order chi connectivity index (χ1) is 35.3. The molecule has 2 aliphatic heterocycles. The van der Waals surface area contributed by atoms with Gasteiger partial charge >= 0.3 is 0 Å². The van der Waals surface area contributed by atoms with E-state index >= 15 is 0 Å². The molecule has 0 aromatic heterocycles. The van der Waals surface area contributed by atoms with E-state index in [0.29, 0.717) is 0 Å². The summed E-state index contributed by atoms with van der Waals surface area (Å²) in [6.45, 7) is 45.9. The number of hydrogen-bond acceptors (Lipinski definition) is 2. The maximum atomic E-state index is 2.74. The first-order valence-electron chi connectivity index (χ1n) is 28.9. The predicted molar refractivity (Wildman–Crippen MR) is 331 cm³/mol. The van der Waals surface area contributed by atoms with Crippen LogP contribution in [0.2, 0.25) is 0 Å². The van der Waals surface area contributed by atoms with Gasteiger partial charge in [0.1, 0.15) is 0 Å². The third-order valence-corrected chi connectivity index (χ3v) is 19.4. The van der Waals surface area contributed by atoms with Crippen LogP contribution in [0.15, 0.2) is 133 Å². The fourth-order valence-electron chi connectivity index (χ4n) is 13.7. The average Bonchev–Trinajstić information content (AvgIpc) is 3.52. The predicted octanol–water partition coefficient (Wildman–Crippen LogP) is 18.4. The molecular formula is C73H87BN2. The molecule has 0 amide bonds. The van der Waals surface area contributed by atoms with E-state index in [1.54, 1.807) is 0 Å². The molecule has 76 heavy (non-hydrogen) atoms. The molecule has 11 rings (SSSR count). The summed E-state index contributed by atoms with van der Waals surface area (Å²) >= 11 is 0. The van der Waals surface area contributed by atoms with Gasteiger partial charge in [0, 0.05) is 39.4 Å². The van der Waals surface area contributed by atoms with Gasteiger partial charge in [0.2, 0.25) is 0 Å². The van der Waals surface area contributed by atoms with E-state index in [9.17, 15) is 0 Å². The molecule has 0 atom stereocenters. The zero-order chi connectivity index (χ0) is 54.7. The number of fused-ring (bicyclic) bond motifs is 6. The fraction of sp³-hybridized carbons (Fsp3) is 0.425. The maximum Gasteiger partial charge on any atom is 0.252 e. The van der Waals surface area contributed by atoms with Gasteiger partial charge in [-0.25, -0.2) is 0 Å². The van der Waals surface area contributed by atoms with Crippen molar-refractivity contribution >= 4 is 57.2 Å². The Labute approximate surface area is 459 Å². The summed E-state index contributed by atoms with van der Waals surface area (Å²) in [5, 5.41) is 0. The van der Waals surface area contributed by atoms with Gasteiger partial charge in [0.15, 0.2) is 0 Å². The van der Waals surface area contributed by atoms with E-state index in [0.717, 1.165) is 0 Å². The van der Waals surface area contributed by atoms with Crippen molar-refractivity contribution in [3.8, 4) is 11.1 Å². The fourth-order valence-corrected chi connectivity index (χ4v) is 13.7. The topological polar surface area (TPSA) is 6.48 Å². The lowest BCUT2D eigenvalue weighted by atomic mass is 9.33. The number of hydrogen-bond donors (Lipinski definition) is 0. The first kappa shape index (κ1) is 52.3. The lowest BCUT2D eigenvalue weighted by molar-refractivity contribution is 0.332. The van der Waals surface area contributed by atoms with Gasteiger partial charge < -0.3 is 9.80 Å². The van der Waals surface area contributed by atoms with Crippen molar-refractivity contribution < 1.29 is 0 Å². The van der Waals surface area contributed by atoms with Crippen LogP contribution < -0.4 is 26.2 Å². The van der Waals surface area contributed by atoms with Crippen LogP contribution in [-0.4, -0.2) is 6.71 Å². The van der Waals surface area contributed by atoms with E-state index in [-0.39, 0.29) is 50.0 Å². The van der Waals surface area contributed by atoms with Gasteiger partial charge in [-0.1, -0.05) is 216 Å². The van der Waals surface area contributed by atoms with Gasteiger partial charge in [-0.2, -0.15) is 0 Å². The molecule has 0 N–H and O–H groups in total. The van der Waals surface area contributed by atoms with Crippen LogP contribution >= 0.6 is 0 Å². The molecule has 7 aromatic rings. The Morgan fingerprint density at radius 2 is 0.842 bits per heavy atom. The third kappa shape index (κ3) is 8.43. The van der Waals surface area contributed by atoms with Crippen molar-refractivity contribution in [3.63, 3.8) is 0 Å². The summed E-state index contributed by atoms with van der Waals surface area (Å²) in [4.78, 5) is 5.46. The molecule has 7 aromatic carbocycles. The highest BCUT2D eigenvalue weighted by Gasteiger charge is 2.48. The highest BCUT2D eigenvalue weighted by Crippen LogP contribution is 2.54. The molecule has 2 aliphatic carbocycles. The van der Waals surface area contributed by atoms with Crippen LogP contribution in [0.4, 0.5) is 34.1 Å². The first-order valence-corrected chi connectivity index (χ1v) is 28.9. The lowest BCUT2D eigenvalue weighted by Gasteiger charge is -2.48. The van der Waals surface area contributed by atoms with Crippen LogP contribution in [-0.2, 0) is 43.3 Å². The van der Waals surface area contributed by atoms with Crippen molar-refractivity contribution in [2.75, 3.05) is 9.80 Å². The van der Waals surface area contributed by atoms with E-state index in [2.05, 4.69) is 275 Å². The number of nitrogens with zero attached hydrogens (tertiary/aromatic N) is 2. The van der Waals surface area contributed by atoms with Gasteiger partial charge in [-0.15, -0.1) is 0 Å². The van der Waals surface area contributed by atoms with E-state index in [1.165, 1.54) is 137 Å². The standard InChI is InChI=1S/C73H87BN2/c1-66(2,3)47-27-25-46(26-28-47)53-39-49(67(4,5)6)30-34-60(53)76-61-40-50(73(18,19)48-23-21-20-22-24-48)29-33-58(61)74-59-44-56-57(72(16,17)38-37-71(56,14)15)45-62(59)75(63-41-51(68(7,8)9)42-64(76)65(63)74)52-31-32-54-55(43-52)70(12,13)36-35-69(54,10)11/h20-34,39-45H,35-38H2,1-19H3. The second-order valence-corrected chi connectivity index (χ2v) is 30.1. The molecule has 0 fully saturated rings. The summed E-state index contributed by atoms with van der Waals surface area (Å²) in [6.07, 6.45) is 4.70. The van der Waals surface area contributed by atoms with Crippen LogP contribution in [0.3, 0.4) is 0 Å². The molecule has 392 valence electrons. The quantitative estimate of drug-likeness (QED) is 0.159. The van der Waals surface area contributed by atoms with Crippen LogP contribution in [0, 0.1) is 0 Å². The smallest absolute Gasteiger partial charge is 0.252 e. The molecule has 2 heterocycles. The second-order valence-electron chi connectivity index (χ2n) is 30.1. The largest absolute Gasteiger partial charge is 0.311 e. The average molecular weight is 1000 g/mol. The molecule has 0 saturated heterocycles. The van der Waals surface area contributed by atoms with Gasteiger partial charge in [0.25, 0.3) is 6.71 Å². The third-order valence-electron chi connectivity index (χ3n) is 19.4. The molecule has 4 aliphatic rings. The van der Waals surface area contributed by atoms with Crippen LogP contribution in [0.5, 0.6) is 0 Å². The highest BCUT2D eigenvalue weighted by atomic mass is 15.2. The Kier molecular flexibility index (Phi) is 11.8. The van der Waals surface area contributed by atoms with E-state index < -0.39 is 0 Å². The van der Waals surface area contributed by atoms with Crippen LogP contribution in [0.1, 0.15) is 207 Å². The van der Waals surface area contributed by atoms with Crippen molar-refractivity contribution in [1.29, 1.82) is 0 Å². The summed E-state index contributed by atoms with van der Waals surface area (Å²) in [6, 6.07) is 53.8. The van der Waals surface area contributed by atoms with Gasteiger partial charge in [-0.05, 0) is 184 Å². The lowest BCUT2D eigenvalue weighted by Crippen LogP contribution is -2.62. The molecular weight excluding hydrogens is 916 g/mol. The Morgan fingerprint density at radius 1 is 0.355 bits per heavy atom. The number of benzene rings is 7. The summed E-state index contributed by atoms with van der Waals surface area (Å²) < 4.78 is 0. The number of rotatable bonds is 5. The molecule has 3 heteroatoms. The zero-order valence-corrected chi connectivity index (χ0v) is 50.0. The Hall–Kier alpha value is -5.80. The molecule has 2 nitrogen and oxygen atoms in total. The Morgan fingerprint density at radius 3 is 1.42 bits per heavy atom. The minimum atomic E-state index is -0.257. The summed E-state index contributed by atoms with van der Waals surface area (Å²) in [5.74, 6) is 0. The molecule has 0 bridgehead atoms. The normalized spacial score (nSPS) is 18.1. The number of anilines is 6. The van der Waals surface area contributed by atoms with Crippen LogP contribution in [0.25, 0.3) is 11.1 Å². The summed E-state index contributed by atoms with van der Waals surface area (Å²) in [7, 11) is 0. The molecule has 0 spiro atoms. The van der Waals surface area contributed by atoms with E-state index in [1.807, 2.05) is 0 Å². The Bertz CT molecular complexity index is 3450. The maximum absolute atomic E-state index is 2.74. The van der Waals surface area contributed by atoms with Gasteiger partial charge in [0.05, 0.1) is 5.69 Å². The minimum absolute atomic E-state index is 0.00656. The summed E-state index contributed by atoms with van der Waals surface area (Å²) in [5.41, 5.74) is 26.8. The SMILES string of the molecule is CC(C)(C)c1ccc(-c2cc(C(C)(C)C)ccc2N2c3cc(C(C)(C)c4ccccc4)ccc3B3c4cc5c(cc4N(c4ccc6c(c4)C(C)(C)CCC6(C)C)c4cc(C(C)(C)C)cc2c43)C(C)(C)CCC5(C)C)cc1. The second kappa shape index (κ2) is 17.1.